The molecule has 2 aliphatic heterocycles. The normalized spacial score (nSPS) is 37.7. The number of rotatable bonds is 3. The topological polar surface area (TPSA) is 38.3 Å². The average molecular weight is 269 g/mol. The van der Waals surface area contributed by atoms with Crippen molar-refractivity contribution in [2.75, 3.05) is 24.7 Å². The van der Waals surface area contributed by atoms with Gasteiger partial charge in [-0.2, -0.15) is 11.8 Å². The lowest BCUT2D eigenvalue weighted by Gasteiger charge is -2.28. The Hall–Kier alpha value is -0.220. The first-order valence-corrected chi connectivity index (χ1v) is 8.33. The highest BCUT2D eigenvalue weighted by atomic mass is 32.2. The number of amides is 1. The number of ether oxygens (including phenoxy) is 1. The lowest BCUT2D eigenvalue weighted by atomic mass is 9.93. The molecule has 0 bridgehead atoms. The zero-order valence-electron chi connectivity index (χ0n) is 11.2. The predicted octanol–water partition coefficient (Wildman–Crippen LogP) is 2.21. The number of hydrogen-bond donors (Lipinski definition) is 1. The molecule has 0 aromatic carbocycles. The Labute approximate surface area is 113 Å². The standard InChI is InChI=1S/C14H23NO2S/c1-2-14(3-6-17-10-14)15-12(16)11-9-13(11)4-7-18-8-5-13/h11H,2-10H2,1H3,(H,15,16). The largest absolute Gasteiger partial charge is 0.379 e. The summed E-state index contributed by atoms with van der Waals surface area (Å²) < 4.78 is 5.47. The number of carbonyl (C=O) groups excluding carboxylic acids is 1. The Kier molecular flexibility index (Phi) is 3.35. The Bertz CT molecular complexity index is 333. The van der Waals surface area contributed by atoms with E-state index in [1.165, 1.54) is 24.3 Å². The molecule has 1 aliphatic carbocycles. The molecule has 1 N–H and O–H groups in total. The van der Waals surface area contributed by atoms with Gasteiger partial charge in [-0.1, -0.05) is 6.92 Å². The Morgan fingerprint density at radius 1 is 1.39 bits per heavy atom. The second kappa shape index (κ2) is 4.71. The summed E-state index contributed by atoms with van der Waals surface area (Å²) >= 11 is 2.04. The SMILES string of the molecule is CCC1(NC(=O)C2CC23CCSCC3)CCOC1. The van der Waals surface area contributed by atoms with E-state index in [2.05, 4.69) is 12.2 Å². The molecule has 2 unspecified atom stereocenters. The van der Waals surface area contributed by atoms with E-state index < -0.39 is 0 Å². The van der Waals surface area contributed by atoms with Crippen LogP contribution in [-0.4, -0.2) is 36.2 Å². The maximum absolute atomic E-state index is 12.4. The maximum atomic E-state index is 12.4. The van der Waals surface area contributed by atoms with E-state index in [-0.39, 0.29) is 5.54 Å². The van der Waals surface area contributed by atoms with Gasteiger partial charge in [-0.25, -0.2) is 0 Å². The third-order valence-electron chi connectivity index (χ3n) is 5.16. The van der Waals surface area contributed by atoms with Gasteiger partial charge >= 0.3 is 0 Å². The molecule has 3 rings (SSSR count). The van der Waals surface area contributed by atoms with Crippen molar-refractivity contribution < 1.29 is 9.53 Å². The van der Waals surface area contributed by atoms with Crippen molar-refractivity contribution >= 4 is 17.7 Å². The second-order valence-corrected chi connectivity index (χ2v) is 7.38. The minimum absolute atomic E-state index is 0.0652. The maximum Gasteiger partial charge on any atom is 0.224 e. The Morgan fingerprint density at radius 2 is 2.17 bits per heavy atom. The van der Waals surface area contributed by atoms with Crippen LogP contribution in [0.5, 0.6) is 0 Å². The second-order valence-electron chi connectivity index (χ2n) is 6.16. The third-order valence-corrected chi connectivity index (χ3v) is 6.15. The first kappa shape index (κ1) is 12.8. The summed E-state index contributed by atoms with van der Waals surface area (Å²) in [6.45, 7) is 3.64. The van der Waals surface area contributed by atoms with E-state index in [0.29, 0.717) is 23.8 Å². The molecule has 1 amide bonds. The molecule has 4 heteroatoms. The van der Waals surface area contributed by atoms with Crippen LogP contribution in [0.4, 0.5) is 0 Å². The van der Waals surface area contributed by atoms with Gasteiger partial charge in [0.1, 0.15) is 0 Å². The van der Waals surface area contributed by atoms with Crippen molar-refractivity contribution in [3.05, 3.63) is 0 Å². The minimum atomic E-state index is -0.0652. The van der Waals surface area contributed by atoms with Gasteiger partial charge in [0.15, 0.2) is 0 Å². The van der Waals surface area contributed by atoms with E-state index in [4.69, 9.17) is 4.74 Å². The van der Waals surface area contributed by atoms with Crippen molar-refractivity contribution in [1.29, 1.82) is 0 Å². The Balaban J connectivity index is 1.59. The quantitative estimate of drug-likeness (QED) is 0.853. The molecule has 3 nitrogen and oxygen atoms in total. The molecule has 3 fully saturated rings. The van der Waals surface area contributed by atoms with Crippen LogP contribution in [0.15, 0.2) is 0 Å². The van der Waals surface area contributed by atoms with E-state index in [1.54, 1.807) is 0 Å². The fourth-order valence-electron chi connectivity index (χ4n) is 3.47. The van der Waals surface area contributed by atoms with E-state index in [0.717, 1.165) is 25.9 Å². The molecule has 0 radical (unpaired) electrons. The van der Waals surface area contributed by atoms with E-state index in [9.17, 15) is 4.79 Å². The third kappa shape index (κ3) is 2.18. The fraction of sp³-hybridized carbons (Fsp3) is 0.929. The molecule has 2 atom stereocenters. The highest BCUT2D eigenvalue weighted by molar-refractivity contribution is 7.99. The predicted molar refractivity (Wildman–Crippen MR) is 73.7 cm³/mol. The molecule has 1 spiro atoms. The molecule has 1 saturated carbocycles. The first-order chi connectivity index (χ1) is 8.70. The fourth-order valence-corrected chi connectivity index (χ4v) is 4.78. The van der Waals surface area contributed by atoms with E-state index in [1.807, 2.05) is 11.8 Å². The number of thioether (sulfide) groups is 1. The van der Waals surface area contributed by atoms with Crippen LogP contribution in [0.25, 0.3) is 0 Å². The molecule has 2 heterocycles. The van der Waals surface area contributed by atoms with Crippen molar-refractivity contribution in [2.24, 2.45) is 11.3 Å². The van der Waals surface area contributed by atoms with Crippen LogP contribution < -0.4 is 5.32 Å². The summed E-state index contributed by atoms with van der Waals surface area (Å²) in [4.78, 5) is 12.4. The minimum Gasteiger partial charge on any atom is -0.379 e. The van der Waals surface area contributed by atoms with Gasteiger partial charge in [-0.3, -0.25) is 4.79 Å². The van der Waals surface area contributed by atoms with Crippen LogP contribution in [0, 0.1) is 11.3 Å². The van der Waals surface area contributed by atoms with Crippen LogP contribution in [0.1, 0.15) is 39.0 Å². The van der Waals surface area contributed by atoms with Crippen LogP contribution in [0.2, 0.25) is 0 Å². The number of nitrogens with one attached hydrogen (secondary N) is 1. The van der Waals surface area contributed by atoms with Gasteiger partial charge in [0.2, 0.25) is 5.91 Å². The highest BCUT2D eigenvalue weighted by Crippen LogP contribution is 2.60. The lowest BCUT2D eigenvalue weighted by Crippen LogP contribution is -2.49. The highest BCUT2D eigenvalue weighted by Gasteiger charge is 2.58. The van der Waals surface area contributed by atoms with Crippen LogP contribution in [0.3, 0.4) is 0 Å². The zero-order valence-corrected chi connectivity index (χ0v) is 12.0. The van der Waals surface area contributed by atoms with Gasteiger partial charge in [0.25, 0.3) is 0 Å². The van der Waals surface area contributed by atoms with E-state index >= 15 is 0 Å². The molecule has 2 saturated heterocycles. The van der Waals surface area contributed by atoms with Gasteiger partial charge in [-0.05, 0) is 49.0 Å². The molecule has 0 aromatic rings. The summed E-state index contributed by atoms with van der Waals surface area (Å²) in [6, 6.07) is 0. The summed E-state index contributed by atoms with van der Waals surface area (Å²) in [5, 5.41) is 3.30. The van der Waals surface area contributed by atoms with Gasteiger partial charge in [0.05, 0.1) is 12.1 Å². The summed E-state index contributed by atoms with van der Waals surface area (Å²) in [5.41, 5.74) is 0.313. The van der Waals surface area contributed by atoms with Crippen molar-refractivity contribution in [3.63, 3.8) is 0 Å². The number of carbonyl (C=O) groups is 1. The van der Waals surface area contributed by atoms with Crippen molar-refractivity contribution in [2.45, 2.75) is 44.6 Å². The summed E-state index contributed by atoms with van der Waals surface area (Å²) in [6.07, 6.45) is 5.57. The van der Waals surface area contributed by atoms with Gasteiger partial charge in [0, 0.05) is 12.5 Å². The lowest BCUT2D eigenvalue weighted by molar-refractivity contribution is -0.125. The average Bonchev–Trinajstić information content (AvgIpc) is 2.88. The van der Waals surface area contributed by atoms with Crippen molar-refractivity contribution in [1.82, 2.24) is 5.32 Å². The van der Waals surface area contributed by atoms with Gasteiger partial charge < -0.3 is 10.1 Å². The Morgan fingerprint density at radius 3 is 2.78 bits per heavy atom. The summed E-state index contributed by atoms with van der Waals surface area (Å²) in [5.74, 6) is 3.08. The smallest absolute Gasteiger partial charge is 0.224 e. The monoisotopic (exact) mass is 269 g/mol. The van der Waals surface area contributed by atoms with Crippen molar-refractivity contribution in [3.8, 4) is 0 Å². The first-order valence-electron chi connectivity index (χ1n) is 7.17. The zero-order chi connectivity index (χ0) is 12.6. The molecular formula is C14H23NO2S. The number of hydrogen-bond acceptors (Lipinski definition) is 3. The molecular weight excluding hydrogens is 246 g/mol. The molecule has 18 heavy (non-hydrogen) atoms. The molecule has 102 valence electrons. The molecule has 3 aliphatic rings. The van der Waals surface area contributed by atoms with Crippen LogP contribution in [-0.2, 0) is 9.53 Å². The van der Waals surface area contributed by atoms with Gasteiger partial charge in [-0.15, -0.1) is 0 Å². The molecule has 0 aromatic heterocycles. The van der Waals surface area contributed by atoms with Crippen LogP contribution >= 0.6 is 11.8 Å². The summed E-state index contributed by atoms with van der Waals surface area (Å²) in [7, 11) is 0.